The third-order valence-electron chi connectivity index (χ3n) is 2.89. The van der Waals surface area contributed by atoms with E-state index in [9.17, 15) is 18.0 Å². The quantitative estimate of drug-likeness (QED) is 0.690. The highest BCUT2D eigenvalue weighted by Crippen LogP contribution is 2.33. The Labute approximate surface area is 110 Å². The summed E-state index contributed by atoms with van der Waals surface area (Å²) in [7, 11) is -3.81. The molecule has 102 valence electrons. The van der Waals surface area contributed by atoms with Gasteiger partial charge in [-0.1, -0.05) is 0 Å². The number of carbonyl (C=O) groups is 2. The van der Waals surface area contributed by atoms with Crippen LogP contribution < -0.4 is 15.8 Å². The zero-order valence-electron chi connectivity index (χ0n) is 10.1. The summed E-state index contributed by atoms with van der Waals surface area (Å²) < 4.78 is 25.9. The standard InChI is InChI=1S/C11H13N3O4S/c1-6-8-4-7(2-3-9(8)14-11(6)16)19(17,18)13-5-10(12)15/h2-4,6,13H,5H2,1H3,(H2,12,15)(H,14,16). The number of hydrogen-bond donors (Lipinski definition) is 3. The first-order valence-corrected chi connectivity index (χ1v) is 7.02. The van der Waals surface area contributed by atoms with Gasteiger partial charge in [0.1, 0.15) is 0 Å². The predicted octanol–water partition coefficient (Wildman–Crippen LogP) is -0.494. The first-order valence-electron chi connectivity index (χ1n) is 5.54. The van der Waals surface area contributed by atoms with E-state index in [0.717, 1.165) is 0 Å². The number of hydrogen-bond acceptors (Lipinski definition) is 4. The van der Waals surface area contributed by atoms with E-state index in [2.05, 4.69) is 10.0 Å². The van der Waals surface area contributed by atoms with Crippen molar-refractivity contribution in [3.63, 3.8) is 0 Å². The molecule has 1 heterocycles. The number of nitrogens with two attached hydrogens (primary N) is 1. The summed E-state index contributed by atoms with van der Waals surface area (Å²) in [6.07, 6.45) is 0. The fraction of sp³-hybridized carbons (Fsp3) is 0.273. The molecule has 8 heteroatoms. The number of amides is 2. The molecule has 4 N–H and O–H groups in total. The number of sulfonamides is 1. The third-order valence-corrected chi connectivity index (χ3v) is 4.29. The zero-order chi connectivity index (χ0) is 14.2. The smallest absolute Gasteiger partial charge is 0.241 e. The monoisotopic (exact) mass is 283 g/mol. The van der Waals surface area contributed by atoms with Crippen LogP contribution in [0.3, 0.4) is 0 Å². The summed E-state index contributed by atoms with van der Waals surface area (Å²) in [6.45, 7) is 1.22. The van der Waals surface area contributed by atoms with Crippen molar-refractivity contribution in [3.8, 4) is 0 Å². The SMILES string of the molecule is CC1C(=O)Nc2ccc(S(=O)(=O)NCC(N)=O)cc21. The molecular formula is C11H13N3O4S. The van der Waals surface area contributed by atoms with Gasteiger partial charge in [-0.05, 0) is 30.7 Å². The second kappa shape index (κ2) is 4.63. The lowest BCUT2D eigenvalue weighted by Gasteiger charge is -2.07. The van der Waals surface area contributed by atoms with Crippen LogP contribution in [0.25, 0.3) is 0 Å². The van der Waals surface area contributed by atoms with Crippen molar-refractivity contribution < 1.29 is 18.0 Å². The summed E-state index contributed by atoms with van der Waals surface area (Å²) in [5.41, 5.74) is 6.11. The molecule has 0 aromatic heterocycles. The van der Waals surface area contributed by atoms with Gasteiger partial charge in [0.2, 0.25) is 21.8 Å². The number of nitrogens with one attached hydrogen (secondary N) is 2. The van der Waals surface area contributed by atoms with Gasteiger partial charge >= 0.3 is 0 Å². The molecule has 7 nitrogen and oxygen atoms in total. The molecule has 0 saturated carbocycles. The molecular weight excluding hydrogens is 270 g/mol. The minimum absolute atomic E-state index is 0.00384. The first-order chi connectivity index (χ1) is 8.81. The predicted molar refractivity (Wildman–Crippen MR) is 67.9 cm³/mol. The molecule has 1 aliphatic rings. The van der Waals surface area contributed by atoms with E-state index >= 15 is 0 Å². The Morgan fingerprint density at radius 2 is 2.16 bits per heavy atom. The van der Waals surface area contributed by atoms with Crippen LogP contribution in [0.15, 0.2) is 23.1 Å². The lowest BCUT2D eigenvalue weighted by molar-refractivity contribution is -0.117. The number of fused-ring (bicyclic) bond motifs is 1. The number of carbonyl (C=O) groups excluding carboxylic acids is 2. The van der Waals surface area contributed by atoms with Crippen molar-refractivity contribution in [2.75, 3.05) is 11.9 Å². The minimum Gasteiger partial charge on any atom is -0.369 e. The molecule has 0 aliphatic carbocycles. The van der Waals surface area contributed by atoms with Crippen LogP contribution in [0.1, 0.15) is 18.4 Å². The van der Waals surface area contributed by atoms with Crippen molar-refractivity contribution in [1.82, 2.24) is 4.72 Å². The Bertz CT molecular complexity index is 654. The second-order valence-corrected chi connectivity index (χ2v) is 6.02. The van der Waals surface area contributed by atoms with Crippen molar-refractivity contribution in [3.05, 3.63) is 23.8 Å². The van der Waals surface area contributed by atoms with Crippen LogP contribution in [-0.2, 0) is 19.6 Å². The molecule has 1 unspecified atom stereocenters. The van der Waals surface area contributed by atoms with E-state index in [1.165, 1.54) is 18.2 Å². The van der Waals surface area contributed by atoms with E-state index in [-0.39, 0.29) is 10.8 Å². The lowest BCUT2D eigenvalue weighted by atomic mass is 10.0. The van der Waals surface area contributed by atoms with Crippen molar-refractivity contribution >= 4 is 27.5 Å². The summed E-state index contributed by atoms with van der Waals surface area (Å²) in [5, 5.41) is 2.65. The highest BCUT2D eigenvalue weighted by atomic mass is 32.2. The number of benzene rings is 1. The van der Waals surface area contributed by atoms with E-state index in [1.54, 1.807) is 6.92 Å². The Kier molecular flexibility index (Phi) is 3.29. The molecule has 1 aromatic carbocycles. The van der Waals surface area contributed by atoms with Crippen LogP contribution in [-0.4, -0.2) is 26.8 Å². The van der Waals surface area contributed by atoms with E-state index in [0.29, 0.717) is 11.3 Å². The zero-order valence-corrected chi connectivity index (χ0v) is 11.0. The Balaban J connectivity index is 2.33. The van der Waals surface area contributed by atoms with Gasteiger partial charge in [-0.15, -0.1) is 0 Å². The minimum atomic E-state index is -3.81. The number of rotatable bonds is 4. The number of primary amides is 1. The average molecular weight is 283 g/mol. The summed E-state index contributed by atoms with van der Waals surface area (Å²) in [4.78, 5) is 22.1. The molecule has 2 rings (SSSR count). The molecule has 0 fully saturated rings. The topological polar surface area (TPSA) is 118 Å². The maximum Gasteiger partial charge on any atom is 0.241 e. The van der Waals surface area contributed by atoms with Gasteiger partial charge in [-0.3, -0.25) is 9.59 Å². The van der Waals surface area contributed by atoms with Crippen LogP contribution in [0.5, 0.6) is 0 Å². The van der Waals surface area contributed by atoms with Gasteiger partial charge in [0.15, 0.2) is 0 Å². The fourth-order valence-electron chi connectivity index (χ4n) is 1.81. The Morgan fingerprint density at radius 3 is 2.79 bits per heavy atom. The van der Waals surface area contributed by atoms with Gasteiger partial charge in [0.05, 0.1) is 17.4 Å². The maximum atomic E-state index is 11.9. The number of anilines is 1. The summed E-state index contributed by atoms with van der Waals surface area (Å²) >= 11 is 0. The highest BCUT2D eigenvalue weighted by molar-refractivity contribution is 7.89. The first kappa shape index (κ1) is 13.5. The Morgan fingerprint density at radius 1 is 1.47 bits per heavy atom. The van der Waals surface area contributed by atoms with Crippen molar-refractivity contribution in [2.45, 2.75) is 17.7 Å². The molecule has 1 atom stereocenters. The lowest BCUT2D eigenvalue weighted by Crippen LogP contribution is -2.33. The largest absolute Gasteiger partial charge is 0.369 e. The molecule has 0 bridgehead atoms. The fourth-order valence-corrected chi connectivity index (χ4v) is 2.84. The molecule has 19 heavy (non-hydrogen) atoms. The molecule has 0 radical (unpaired) electrons. The van der Waals surface area contributed by atoms with Gasteiger partial charge < -0.3 is 11.1 Å². The van der Waals surface area contributed by atoms with Crippen molar-refractivity contribution in [1.29, 1.82) is 0 Å². The van der Waals surface area contributed by atoms with E-state index < -0.39 is 28.4 Å². The average Bonchev–Trinajstić information content (AvgIpc) is 2.63. The van der Waals surface area contributed by atoms with E-state index in [4.69, 9.17) is 5.73 Å². The summed E-state index contributed by atoms with van der Waals surface area (Å²) in [6, 6.07) is 4.30. The molecule has 0 spiro atoms. The van der Waals surface area contributed by atoms with Gasteiger partial charge in [-0.2, -0.15) is 0 Å². The van der Waals surface area contributed by atoms with Crippen LogP contribution in [0, 0.1) is 0 Å². The van der Waals surface area contributed by atoms with Crippen molar-refractivity contribution in [2.24, 2.45) is 5.73 Å². The molecule has 1 aromatic rings. The van der Waals surface area contributed by atoms with Gasteiger partial charge in [-0.25, -0.2) is 13.1 Å². The van der Waals surface area contributed by atoms with Gasteiger partial charge in [0.25, 0.3) is 0 Å². The highest BCUT2D eigenvalue weighted by Gasteiger charge is 2.28. The summed E-state index contributed by atoms with van der Waals surface area (Å²) in [5.74, 6) is -1.34. The van der Waals surface area contributed by atoms with Crippen LogP contribution in [0.4, 0.5) is 5.69 Å². The second-order valence-electron chi connectivity index (χ2n) is 4.25. The normalized spacial score (nSPS) is 17.9. The maximum absolute atomic E-state index is 11.9. The molecule has 0 saturated heterocycles. The molecule has 2 amide bonds. The Hall–Kier alpha value is -1.93. The third kappa shape index (κ3) is 2.59. The molecule has 1 aliphatic heterocycles. The van der Waals surface area contributed by atoms with Crippen LogP contribution in [0.2, 0.25) is 0 Å². The van der Waals surface area contributed by atoms with E-state index in [1.807, 2.05) is 0 Å². The van der Waals surface area contributed by atoms with Crippen LogP contribution >= 0.6 is 0 Å². The van der Waals surface area contributed by atoms with Gasteiger partial charge in [0, 0.05) is 5.69 Å².